The van der Waals surface area contributed by atoms with Gasteiger partial charge in [-0.1, -0.05) is 54.1 Å². The van der Waals surface area contributed by atoms with E-state index < -0.39 is 0 Å². The van der Waals surface area contributed by atoms with E-state index in [1.165, 1.54) is 0 Å². The zero-order chi connectivity index (χ0) is 16.2. The van der Waals surface area contributed by atoms with Gasteiger partial charge in [0.15, 0.2) is 0 Å². The zero-order valence-corrected chi connectivity index (χ0v) is 13.7. The second-order valence-corrected chi connectivity index (χ2v) is 6.61. The minimum absolute atomic E-state index is 0.0171. The third-order valence-electron chi connectivity index (χ3n) is 4.47. The number of hydrogen-bond acceptors (Lipinski definition) is 2. The van der Waals surface area contributed by atoms with Gasteiger partial charge >= 0.3 is 0 Å². The van der Waals surface area contributed by atoms with Crippen molar-refractivity contribution in [3.8, 4) is 0 Å². The molecule has 1 amide bonds. The van der Waals surface area contributed by atoms with Crippen molar-refractivity contribution in [1.29, 1.82) is 0 Å². The first-order valence-electron chi connectivity index (χ1n) is 8.00. The summed E-state index contributed by atoms with van der Waals surface area (Å²) in [7, 11) is 0. The lowest BCUT2D eigenvalue weighted by molar-refractivity contribution is -0.125. The first-order chi connectivity index (χ1) is 11.1. The summed E-state index contributed by atoms with van der Waals surface area (Å²) in [5.74, 6) is 0.102. The van der Waals surface area contributed by atoms with Crippen molar-refractivity contribution in [2.24, 2.45) is 11.7 Å². The third-order valence-corrected chi connectivity index (χ3v) is 4.72. The summed E-state index contributed by atoms with van der Waals surface area (Å²) in [5.41, 5.74) is 8.02. The maximum atomic E-state index is 12.6. The summed E-state index contributed by atoms with van der Waals surface area (Å²) >= 11 is 5.99. The molecule has 1 fully saturated rings. The van der Waals surface area contributed by atoms with Crippen LogP contribution in [0.1, 0.15) is 36.4 Å². The monoisotopic (exact) mass is 328 g/mol. The molecule has 2 aromatic rings. The van der Waals surface area contributed by atoms with E-state index in [0.29, 0.717) is 5.02 Å². The Hall–Kier alpha value is -1.84. The minimum atomic E-state index is -0.169. The van der Waals surface area contributed by atoms with Crippen molar-refractivity contribution in [2.45, 2.75) is 31.3 Å². The van der Waals surface area contributed by atoms with Crippen LogP contribution < -0.4 is 11.1 Å². The second-order valence-electron chi connectivity index (χ2n) is 6.17. The van der Waals surface area contributed by atoms with Gasteiger partial charge in [-0.2, -0.15) is 0 Å². The Kier molecular flexibility index (Phi) is 4.99. The third kappa shape index (κ3) is 3.92. The summed E-state index contributed by atoms with van der Waals surface area (Å²) in [6, 6.07) is 17.6. The van der Waals surface area contributed by atoms with Gasteiger partial charge in [-0.3, -0.25) is 4.79 Å². The summed E-state index contributed by atoms with van der Waals surface area (Å²) < 4.78 is 0. The minimum Gasteiger partial charge on any atom is -0.345 e. The van der Waals surface area contributed by atoms with Crippen molar-refractivity contribution < 1.29 is 4.79 Å². The molecule has 0 bridgehead atoms. The number of benzene rings is 2. The van der Waals surface area contributed by atoms with Crippen LogP contribution in [0.3, 0.4) is 0 Å². The standard InChI is InChI=1S/C19H21ClN2O/c20-16-9-6-14(7-10-16)18(13-4-2-1-3-5-13)22-19(23)15-8-11-17(21)12-15/h1-7,9-10,15,17-18H,8,11-12,21H2,(H,22,23). The van der Waals surface area contributed by atoms with Crippen LogP contribution in [0.2, 0.25) is 5.02 Å². The van der Waals surface area contributed by atoms with Crippen LogP contribution in [0.5, 0.6) is 0 Å². The molecule has 0 spiro atoms. The second kappa shape index (κ2) is 7.16. The van der Waals surface area contributed by atoms with Gasteiger partial charge < -0.3 is 11.1 Å². The molecule has 3 nitrogen and oxygen atoms in total. The number of nitrogens with two attached hydrogens (primary N) is 1. The van der Waals surface area contributed by atoms with Gasteiger partial charge in [0.1, 0.15) is 0 Å². The topological polar surface area (TPSA) is 55.1 Å². The maximum Gasteiger partial charge on any atom is 0.223 e. The molecule has 1 saturated carbocycles. The van der Waals surface area contributed by atoms with Crippen LogP contribution in [0.15, 0.2) is 54.6 Å². The molecule has 3 rings (SSSR count). The van der Waals surface area contributed by atoms with Crippen LogP contribution in [0.25, 0.3) is 0 Å². The molecule has 0 saturated heterocycles. The van der Waals surface area contributed by atoms with Crippen LogP contribution in [-0.2, 0) is 4.79 Å². The normalized spacial score (nSPS) is 21.8. The highest BCUT2D eigenvalue weighted by Gasteiger charge is 2.29. The molecule has 3 unspecified atom stereocenters. The fraction of sp³-hybridized carbons (Fsp3) is 0.316. The molecule has 0 heterocycles. The number of halogens is 1. The van der Waals surface area contributed by atoms with Crippen LogP contribution in [-0.4, -0.2) is 11.9 Å². The van der Waals surface area contributed by atoms with Crippen LogP contribution >= 0.6 is 11.6 Å². The van der Waals surface area contributed by atoms with E-state index in [0.717, 1.165) is 30.4 Å². The van der Waals surface area contributed by atoms with Gasteiger partial charge in [-0.15, -0.1) is 0 Å². The molecular formula is C19H21ClN2O. The van der Waals surface area contributed by atoms with E-state index in [4.69, 9.17) is 17.3 Å². The highest BCUT2D eigenvalue weighted by Crippen LogP contribution is 2.28. The first kappa shape index (κ1) is 16.0. The van der Waals surface area contributed by atoms with Gasteiger partial charge in [-0.25, -0.2) is 0 Å². The summed E-state index contributed by atoms with van der Waals surface area (Å²) in [6.45, 7) is 0. The lowest BCUT2D eigenvalue weighted by Crippen LogP contribution is -2.34. The smallest absolute Gasteiger partial charge is 0.223 e. The SMILES string of the molecule is NC1CCC(C(=O)NC(c2ccccc2)c2ccc(Cl)cc2)C1. The highest BCUT2D eigenvalue weighted by atomic mass is 35.5. The summed E-state index contributed by atoms with van der Waals surface area (Å²) in [5, 5.41) is 3.88. The molecule has 1 aliphatic rings. The molecule has 4 heteroatoms. The Morgan fingerprint density at radius 2 is 1.70 bits per heavy atom. The molecule has 120 valence electrons. The Balaban J connectivity index is 1.83. The Bertz CT molecular complexity index is 657. The highest BCUT2D eigenvalue weighted by molar-refractivity contribution is 6.30. The zero-order valence-electron chi connectivity index (χ0n) is 12.9. The van der Waals surface area contributed by atoms with E-state index in [1.807, 2.05) is 54.6 Å². The van der Waals surface area contributed by atoms with Crippen molar-refractivity contribution in [3.63, 3.8) is 0 Å². The van der Waals surface area contributed by atoms with E-state index in [1.54, 1.807) is 0 Å². The van der Waals surface area contributed by atoms with Crippen LogP contribution in [0.4, 0.5) is 0 Å². The quantitative estimate of drug-likeness (QED) is 0.899. The Labute approximate surface area is 141 Å². The number of carbonyl (C=O) groups is 1. The molecule has 23 heavy (non-hydrogen) atoms. The van der Waals surface area contributed by atoms with Crippen molar-refractivity contribution in [3.05, 3.63) is 70.7 Å². The van der Waals surface area contributed by atoms with E-state index in [2.05, 4.69) is 5.32 Å². The average molecular weight is 329 g/mol. The largest absolute Gasteiger partial charge is 0.345 e. The Morgan fingerprint density at radius 3 is 2.30 bits per heavy atom. The number of rotatable bonds is 4. The number of carbonyl (C=O) groups excluding carboxylic acids is 1. The molecule has 3 atom stereocenters. The molecule has 2 aromatic carbocycles. The van der Waals surface area contributed by atoms with Gasteiger partial charge in [-0.05, 0) is 42.5 Å². The molecule has 3 N–H and O–H groups in total. The molecule has 0 aliphatic heterocycles. The Morgan fingerprint density at radius 1 is 1.04 bits per heavy atom. The van der Waals surface area contributed by atoms with Gasteiger partial charge in [0, 0.05) is 17.0 Å². The number of nitrogens with one attached hydrogen (secondary N) is 1. The van der Waals surface area contributed by atoms with Gasteiger partial charge in [0.2, 0.25) is 5.91 Å². The average Bonchev–Trinajstić information content (AvgIpc) is 3.01. The van der Waals surface area contributed by atoms with E-state index in [-0.39, 0.29) is 23.9 Å². The predicted octanol–water partition coefficient (Wildman–Crippen LogP) is 3.67. The fourth-order valence-electron chi connectivity index (χ4n) is 3.17. The fourth-order valence-corrected chi connectivity index (χ4v) is 3.30. The maximum absolute atomic E-state index is 12.6. The number of amides is 1. The summed E-state index contributed by atoms with van der Waals surface area (Å²) in [6.07, 6.45) is 2.57. The molecular weight excluding hydrogens is 308 g/mol. The molecule has 0 aromatic heterocycles. The van der Waals surface area contributed by atoms with Crippen LogP contribution in [0, 0.1) is 5.92 Å². The molecule has 1 aliphatic carbocycles. The summed E-state index contributed by atoms with van der Waals surface area (Å²) in [4.78, 5) is 12.6. The van der Waals surface area contributed by atoms with Gasteiger partial charge in [0.05, 0.1) is 6.04 Å². The lowest BCUT2D eigenvalue weighted by Gasteiger charge is -2.22. The van der Waals surface area contributed by atoms with Crippen molar-refractivity contribution >= 4 is 17.5 Å². The van der Waals surface area contributed by atoms with Crippen molar-refractivity contribution in [1.82, 2.24) is 5.32 Å². The van der Waals surface area contributed by atoms with E-state index in [9.17, 15) is 4.79 Å². The first-order valence-corrected chi connectivity index (χ1v) is 8.37. The molecule has 0 radical (unpaired) electrons. The van der Waals surface area contributed by atoms with Crippen molar-refractivity contribution in [2.75, 3.05) is 0 Å². The number of hydrogen-bond donors (Lipinski definition) is 2. The lowest BCUT2D eigenvalue weighted by atomic mass is 9.97. The van der Waals surface area contributed by atoms with Gasteiger partial charge in [0.25, 0.3) is 0 Å². The van der Waals surface area contributed by atoms with E-state index >= 15 is 0 Å². The predicted molar refractivity (Wildman–Crippen MR) is 93.2 cm³/mol.